The van der Waals surface area contributed by atoms with E-state index in [1.165, 1.54) is 22.1 Å². The van der Waals surface area contributed by atoms with E-state index in [1.807, 2.05) is 27.0 Å². The Morgan fingerprint density at radius 2 is 1.81 bits per heavy atom. The molecule has 0 aliphatic heterocycles. The fourth-order valence-corrected chi connectivity index (χ4v) is 2.44. The van der Waals surface area contributed by atoms with E-state index in [0.29, 0.717) is 0 Å². The van der Waals surface area contributed by atoms with Crippen LogP contribution in [0.5, 0.6) is 0 Å². The summed E-state index contributed by atoms with van der Waals surface area (Å²) in [4.78, 5) is 3.34. The SMILES string of the molecule is C/C=C\C=C(/C)C(c1ccc(P)cc1)c1ccc[nH]1.CC. The zero-order valence-corrected chi connectivity index (χ0v) is 14.6. The molecule has 2 aromatic rings. The average Bonchev–Trinajstić information content (AvgIpc) is 3.03. The Labute approximate surface area is 131 Å². The molecule has 0 spiro atoms. The lowest BCUT2D eigenvalue weighted by Crippen LogP contribution is -2.04. The topological polar surface area (TPSA) is 15.8 Å². The molecule has 2 atom stereocenters. The summed E-state index contributed by atoms with van der Waals surface area (Å²) in [5.41, 5.74) is 3.87. The van der Waals surface area contributed by atoms with E-state index in [-0.39, 0.29) is 5.92 Å². The summed E-state index contributed by atoms with van der Waals surface area (Å²) in [7, 11) is 2.73. The first kappa shape index (κ1) is 17.5. The molecule has 1 nitrogen and oxygen atoms in total. The molecule has 2 unspecified atom stereocenters. The molecule has 0 radical (unpaired) electrons. The first-order valence-corrected chi connectivity index (χ1v) is 8.08. The highest BCUT2D eigenvalue weighted by molar-refractivity contribution is 7.27. The maximum atomic E-state index is 3.34. The van der Waals surface area contributed by atoms with Crippen molar-refractivity contribution < 1.29 is 0 Å². The molecular weight excluding hydrogens is 273 g/mol. The van der Waals surface area contributed by atoms with Gasteiger partial charge in [-0.05, 0) is 36.8 Å². The van der Waals surface area contributed by atoms with Crippen molar-refractivity contribution in [2.45, 2.75) is 33.6 Å². The van der Waals surface area contributed by atoms with E-state index in [1.54, 1.807) is 0 Å². The molecule has 2 heteroatoms. The van der Waals surface area contributed by atoms with Gasteiger partial charge in [0.25, 0.3) is 0 Å². The Hall–Kier alpha value is -1.59. The minimum atomic E-state index is 0.289. The fraction of sp³-hybridized carbons (Fsp3) is 0.263. The maximum Gasteiger partial charge on any atom is 0.0450 e. The van der Waals surface area contributed by atoms with Crippen LogP contribution in [0, 0.1) is 0 Å². The van der Waals surface area contributed by atoms with Crippen molar-refractivity contribution in [1.29, 1.82) is 0 Å². The molecule has 112 valence electrons. The molecule has 0 amide bonds. The largest absolute Gasteiger partial charge is 0.364 e. The van der Waals surface area contributed by atoms with Crippen LogP contribution in [0.4, 0.5) is 0 Å². The molecule has 0 fully saturated rings. The molecule has 0 aliphatic carbocycles. The average molecular weight is 299 g/mol. The minimum Gasteiger partial charge on any atom is -0.364 e. The second-order valence-electron chi connectivity index (χ2n) is 4.66. The number of benzene rings is 1. The number of allylic oxidation sites excluding steroid dienone is 4. The summed E-state index contributed by atoms with van der Waals surface area (Å²) in [6.45, 7) is 8.22. The number of rotatable bonds is 4. The molecule has 1 aromatic carbocycles. The Morgan fingerprint density at radius 3 is 2.33 bits per heavy atom. The van der Waals surface area contributed by atoms with Crippen LogP contribution in [0.3, 0.4) is 0 Å². The van der Waals surface area contributed by atoms with Crippen molar-refractivity contribution in [2.75, 3.05) is 0 Å². The normalized spacial score (nSPS) is 12.9. The van der Waals surface area contributed by atoms with Crippen LogP contribution in [-0.4, -0.2) is 4.98 Å². The van der Waals surface area contributed by atoms with Gasteiger partial charge < -0.3 is 4.98 Å². The van der Waals surface area contributed by atoms with Crippen molar-refractivity contribution in [3.63, 3.8) is 0 Å². The molecular formula is C19H26NP. The van der Waals surface area contributed by atoms with Gasteiger partial charge >= 0.3 is 0 Å². The van der Waals surface area contributed by atoms with Gasteiger partial charge in [-0.2, -0.15) is 0 Å². The fourth-order valence-electron chi connectivity index (χ4n) is 2.24. The summed E-state index contributed by atoms with van der Waals surface area (Å²) in [5.74, 6) is 0.289. The molecule has 0 aliphatic rings. The quantitative estimate of drug-likeness (QED) is 0.590. The molecule has 1 N–H and O–H groups in total. The lowest BCUT2D eigenvalue weighted by atomic mass is 9.89. The first-order valence-electron chi connectivity index (χ1n) is 7.50. The Kier molecular flexibility index (Phi) is 7.79. The van der Waals surface area contributed by atoms with Gasteiger partial charge in [0.1, 0.15) is 0 Å². The standard InChI is InChI=1S/C17H20NP.C2H6/c1-3-4-6-13(2)17(16-7-5-12-18-16)14-8-10-15(19)11-9-14;1-2/h3-12,17-18H,19H2,1-2H3;1-2H3/b4-3-,13-6+;. The number of nitrogens with one attached hydrogen (secondary N) is 1. The lowest BCUT2D eigenvalue weighted by molar-refractivity contribution is 0.908. The summed E-state index contributed by atoms with van der Waals surface area (Å²) in [6, 6.07) is 12.9. The van der Waals surface area contributed by atoms with E-state index < -0.39 is 0 Å². The summed E-state index contributed by atoms with van der Waals surface area (Å²) >= 11 is 0. The van der Waals surface area contributed by atoms with Crippen molar-refractivity contribution in [3.8, 4) is 0 Å². The highest BCUT2D eigenvalue weighted by Crippen LogP contribution is 2.30. The van der Waals surface area contributed by atoms with Gasteiger partial charge in [0.2, 0.25) is 0 Å². The number of hydrogen-bond donors (Lipinski definition) is 1. The summed E-state index contributed by atoms with van der Waals surface area (Å²) in [5, 5.41) is 1.21. The van der Waals surface area contributed by atoms with Gasteiger partial charge in [-0.1, -0.05) is 61.9 Å². The smallest absolute Gasteiger partial charge is 0.0450 e. The zero-order valence-electron chi connectivity index (χ0n) is 13.4. The lowest BCUT2D eigenvalue weighted by Gasteiger charge is -2.17. The molecule has 1 heterocycles. The second-order valence-corrected chi connectivity index (χ2v) is 5.33. The monoisotopic (exact) mass is 299 g/mol. The Morgan fingerprint density at radius 1 is 1.14 bits per heavy atom. The van der Waals surface area contributed by atoms with Crippen LogP contribution in [0.1, 0.15) is 44.9 Å². The molecule has 1 aromatic heterocycles. The van der Waals surface area contributed by atoms with Crippen LogP contribution < -0.4 is 5.30 Å². The van der Waals surface area contributed by atoms with E-state index in [0.717, 1.165) is 0 Å². The van der Waals surface area contributed by atoms with Crippen LogP contribution in [0.25, 0.3) is 0 Å². The third kappa shape index (κ3) is 5.02. The molecule has 21 heavy (non-hydrogen) atoms. The number of aromatic nitrogens is 1. The van der Waals surface area contributed by atoms with E-state index in [2.05, 4.69) is 75.8 Å². The Bertz CT molecular complexity index is 562. The highest BCUT2D eigenvalue weighted by Gasteiger charge is 2.16. The van der Waals surface area contributed by atoms with E-state index in [4.69, 9.17) is 0 Å². The third-order valence-electron chi connectivity index (χ3n) is 3.21. The predicted molar refractivity (Wildman–Crippen MR) is 98.3 cm³/mol. The summed E-state index contributed by atoms with van der Waals surface area (Å²) in [6.07, 6.45) is 8.31. The molecule has 0 saturated carbocycles. The van der Waals surface area contributed by atoms with Crippen molar-refractivity contribution in [3.05, 3.63) is 77.7 Å². The molecule has 2 rings (SSSR count). The van der Waals surface area contributed by atoms with E-state index >= 15 is 0 Å². The van der Waals surface area contributed by atoms with Gasteiger partial charge in [-0.15, -0.1) is 9.24 Å². The van der Waals surface area contributed by atoms with Crippen LogP contribution in [0.15, 0.2) is 66.4 Å². The van der Waals surface area contributed by atoms with Crippen molar-refractivity contribution in [1.82, 2.24) is 4.98 Å². The van der Waals surface area contributed by atoms with Crippen molar-refractivity contribution in [2.24, 2.45) is 0 Å². The van der Waals surface area contributed by atoms with Gasteiger partial charge in [0.05, 0.1) is 0 Å². The second kappa shape index (κ2) is 9.37. The van der Waals surface area contributed by atoms with Gasteiger partial charge in [0.15, 0.2) is 0 Å². The predicted octanol–water partition coefficient (Wildman–Crippen LogP) is 5.20. The Balaban J connectivity index is 0.00000106. The van der Waals surface area contributed by atoms with Crippen LogP contribution >= 0.6 is 9.24 Å². The van der Waals surface area contributed by atoms with Gasteiger partial charge in [-0.25, -0.2) is 0 Å². The number of H-pyrrole nitrogens is 1. The maximum absolute atomic E-state index is 3.34. The van der Waals surface area contributed by atoms with Gasteiger partial charge in [0, 0.05) is 17.8 Å². The van der Waals surface area contributed by atoms with Gasteiger partial charge in [-0.3, -0.25) is 0 Å². The molecule has 0 bridgehead atoms. The van der Waals surface area contributed by atoms with Crippen LogP contribution in [-0.2, 0) is 0 Å². The number of hydrogen-bond acceptors (Lipinski definition) is 0. The minimum absolute atomic E-state index is 0.289. The zero-order chi connectivity index (χ0) is 15.7. The van der Waals surface area contributed by atoms with E-state index in [9.17, 15) is 0 Å². The van der Waals surface area contributed by atoms with Crippen LogP contribution in [0.2, 0.25) is 0 Å². The van der Waals surface area contributed by atoms with Crippen molar-refractivity contribution >= 4 is 14.5 Å². The first-order chi connectivity index (χ1) is 10.2. The molecule has 0 saturated heterocycles. The summed E-state index contributed by atoms with van der Waals surface area (Å²) < 4.78 is 0. The highest BCUT2D eigenvalue weighted by atomic mass is 31.0. The third-order valence-corrected chi connectivity index (χ3v) is 3.59. The number of aromatic amines is 1.